The summed E-state index contributed by atoms with van der Waals surface area (Å²) >= 11 is 0. The van der Waals surface area contributed by atoms with Crippen LogP contribution in [-0.4, -0.2) is 19.7 Å². The number of hydrogen-bond acceptors (Lipinski definition) is 3. The van der Waals surface area contributed by atoms with Crippen LogP contribution >= 0.6 is 0 Å². The van der Waals surface area contributed by atoms with Gasteiger partial charge in [0.15, 0.2) is 5.82 Å². The van der Waals surface area contributed by atoms with E-state index in [1.807, 2.05) is 31.3 Å². The number of fused-ring (bicyclic) bond motifs is 1. The minimum absolute atomic E-state index is 0.193. The second kappa shape index (κ2) is 5.57. The molecule has 0 aliphatic rings. The van der Waals surface area contributed by atoms with E-state index in [1.54, 1.807) is 4.57 Å². The van der Waals surface area contributed by atoms with Crippen molar-refractivity contribution in [2.75, 3.05) is 0 Å². The van der Waals surface area contributed by atoms with Crippen LogP contribution in [0.15, 0.2) is 35.3 Å². The van der Waals surface area contributed by atoms with E-state index in [0.29, 0.717) is 18.8 Å². The molecule has 0 saturated carbocycles. The molecule has 0 aliphatic carbocycles. The Bertz CT molecular complexity index is 798. The molecule has 0 amide bonds. The van der Waals surface area contributed by atoms with Gasteiger partial charge in [-0.2, -0.15) is 5.10 Å². The normalized spacial score (nSPS) is 12.9. The summed E-state index contributed by atoms with van der Waals surface area (Å²) in [7, 11) is 0. The van der Waals surface area contributed by atoms with Gasteiger partial charge in [-0.15, -0.1) is 0 Å². The largest absolute Gasteiger partial charge is 0.361 e. The number of nitrogens with zero attached hydrogens (tertiary/aromatic N) is 2. The van der Waals surface area contributed by atoms with Crippen LogP contribution in [0, 0.1) is 0 Å². The smallest absolute Gasteiger partial charge is 0.343 e. The first-order valence-corrected chi connectivity index (χ1v) is 7.16. The summed E-state index contributed by atoms with van der Waals surface area (Å²) in [6.45, 7) is 2.65. The zero-order chi connectivity index (χ0) is 14.8. The fraction of sp³-hybridized carbons (Fsp3) is 0.333. The van der Waals surface area contributed by atoms with Crippen LogP contribution < -0.4 is 11.4 Å². The zero-order valence-electron chi connectivity index (χ0n) is 12.0. The maximum atomic E-state index is 11.7. The maximum Gasteiger partial charge on any atom is 0.343 e. The van der Waals surface area contributed by atoms with Crippen molar-refractivity contribution in [3.63, 3.8) is 0 Å². The molecule has 0 bridgehead atoms. The van der Waals surface area contributed by atoms with E-state index in [0.717, 1.165) is 22.9 Å². The van der Waals surface area contributed by atoms with Crippen molar-refractivity contribution >= 4 is 10.9 Å². The van der Waals surface area contributed by atoms with Crippen LogP contribution in [0.3, 0.4) is 0 Å². The molecule has 0 fully saturated rings. The minimum Gasteiger partial charge on any atom is -0.361 e. The lowest BCUT2D eigenvalue weighted by molar-refractivity contribution is 0.565. The molecular weight excluding hydrogens is 266 g/mol. The van der Waals surface area contributed by atoms with Crippen LogP contribution in [0.25, 0.3) is 10.9 Å². The predicted octanol–water partition coefficient (Wildman–Crippen LogP) is 1.71. The van der Waals surface area contributed by atoms with Gasteiger partial charge < -0.3 is 10.7 Å². The molecule has 2 heterocycles. The van der Waals surface area contributed by atoms with E-state index in [4.69, 9.17) is 5.73 Å². The Labute approximate surface area is 122 Å². The molecule has 0 spiro atoms. The Kier molecular flexibility index (Phi) is 3.62. The number of hydrogen-bond donors (Lipinski definition) is 3. The topological polar surface area (TPSA) is 92.5 Å². The Morgan fingerprint density at radius 3 is 3.00 bits per heavy atom. The standard InChI is InChI=1S/C15H19N5O/c1-2-7-20-14(18-19-15(20)21)12(16)8-10-9-17-13-6-4-3-5-11(10)13/h3-6,9,12,17H,2,7-8,16H2,1H3,(H,19,21)/t12-/m0/s1. The summed E-state index contributed by atoms with van der Waals surface area (Å²) in [5, 5.41) is 7.73. The van der Waals surface area contributed by atoms with Gasteiger partial charge in [-0.1, -0.05) is 25.1 Å². The number of nitrogens with one attached hydrogen (secondary N) is 2. The molecule has 110 valence electrons. The molecule has 6 nitrogen and oxygen atoms in total. The Morgan fingerprint density at radius 1 is 1.38 bits per heavy atom. The average Bonchev–Trinajstić information content (AvgIpc) is 3.05. The SMILES string of the molecule is CCCn1c([C@@H](N)Cc2c[nH]c3ccccc23)n[nH]c1=O. The van der Waals surface area contributed by atoms with E-state index in [9.17, 15) is 4.79 Å². The molecule has 0 aliphatic heterocycles. The maximum absolute atomic E-state index is 11.7. The molecule has 0 radical (unpaired) electrons. The highest BCUT2D eigenvalue weighted by Crippen LogP contribution is 2.22. The van der Waals surface area contributed by atoms with Crippen molar-refractivity contribution in [3.05, 3.63) is 52.3 Å². The number of para-hydroxylation sites is 1. The van der Waals surface area contributed by atoms with Gasteiger partial charge >= 0.3 is 5.69 Å². The summed E-state index contributed by atoms with van der Waals surface area (Å²) in [6, 6.07) is 7.79. The van der Waals surface area contributed by atoms with Gasteiger partial charge in [-0.05, 0) is 24.5 Å². The first kappa shape index (κ1) is 13.6. The first-order valence-electron chi connectivity index (χ1n) is 7.16. The Balaban J connectivity index is 1.90. The van der Waals surface area contributed by atoms with E-state index in [1.165, 1.54) is 0 Å². The van der Waals surface area contributed by atoms with Gasteiger partial charge in [0.05, 0.1) is 6.04 Å². The lowest BCUT2D eigenvalue weighted by Crippen LogP contribution is -2.24. The molecule has 3 aromatic rings. The fourth-order valence-corrected chi connectivity index (χ4v) is 2.68. The van der Waals surface area contributed by atoms with Crippen molar-refractivity contribution in [3.8, 4) is 0 Å². The van der Waals surface area contributed by atoms with Crippen LogP contribution in [-0.2, 0) is 13.0 Å². The van der Waals surface area contributed by atoms with Gasteiger partial charge in [0, 0.05) is 23.6 Å². The van der Waals surface area contributed by atoms with E-state index >= 15 is 0 Å². The number of H-pyrrole nitrogens is 2. The molecule has 1 atom stereocenters. The van der Waals surface area contributed by atoms with Crippen molar-refractivity contribution in [1.82, 2.24) is 19.7 Å². The second-order valence-electron chi connectivity index (χ2n) is 5.21. The van der Waals surface area contributed by atoms with E-state index in [2.05, 4.69) is 21.2 Å². The van der Waals surface area contributed by atoms with E-state index in [-0.39, 0.29) is 11.7 Å². The minimum atomic E-state index is -0.310. The molecule has 3 rings (SSSR count). The van der Waals surface area contributed by atoms with Gasteiger partial charge in [0.1, 0.15) is 0 Å². The van der Waals surface area contributed by atoms with Gasteiger partial charge in [-0.25, -0.2) is 9.89 Å². The molecular formula is C15H19N5O. The third kappa shape index (κ3) is 2.50. The average molecular weight is 285 g/mol. The van der Waals surface area contributed by atoms with Crippen LogP contribution in [0.1, 0.15) is 30.8 Å². The third-order valence-electron chi connectivity index (χ3n) is 3.68. The monoisotopic (exact) mass is 285 g/mol. The second-order valence-corrected chi connectivity index (χ2v) is 5.21. The molecule has 6 heteroatoms. The highest BCUT2D eigenvalue weighted by atomic mass is 16.1. The predicted molar refractivity (Wildman–Crippen MR) is 82.1 cm³/mol. The van der Waals surface area contributed by atoms with Gasteiger partial charge in [0.2, 0.25) is 0 Å². The lowest BCUT2D eigenvalue weighted by atomic mass is 10.1. The number of benzene rings is 1. The fourth-order valence-electron chi connectivity index (χ4n) is 2.68. The van der Waals surface area contributed by atoms with Crippen molar-refractivity contribution in [1.29, 1.82) is 0 Å². The highest BCUT2D eigenvalue weighted by Gasteiger charge is 2.17. The number of rotatable bonds is 5. The van der Waals surface area contributed by atoms with Crippen LogP contribution in [0.4, 0.5) is 0 Å². The number of nitrogens with two attached hydrogens (primary N) is 1. The zero-order valence-corrected chi connectivity index (χ0v) is 12.0. The molecule has 0 saturated heterocycles. The molecule has 0 unspecified atom stereocenters. The molecule has 1 aromatic carbocycles. The van der Waals surface area contributed by atoms with Crippen LogP contribution in [0.2, 0.25) is 0 Å². The Hall–Kier alpha value is -2.34. The Morgan fingerprint density at radius 2 is 2.19 bits per heavy atom. The van der Waals surface area contributed by atoms with Crippen molar-refractivity contribution in [2.24, 2.45) is 5.73 Å². The first-order chi connectivity index (χ1) is 10.2. The highest BCUT2D eigenvalue weighted by molar-refractivity contribution is 5.83. The molecule has 2 aromatic heterocycles. The summed E-state index contributed by atoms with van der Waals surface area (Å²) < 4.78 is 1.62. The molecule has 4 N–H and O–H groups in total. The number of aromatic nitrogens is 4. The third-order valence-corrected chi connectivity index (χ3v) is 3.68. The van der Waals surface area contributed by atoms with Crippen molar-refractivity contribution in [2.45, 2.75) is 32.4 Å². The van der Waals surface area contributed by atoms with Gasteiger partial charge in [-0.3, -0.25) is 4.57 Å². The van der Waals surface area contributed by atoms with Gasteiger partial charge in [0.25, 0.3) is 0 Å². The summed E-state index contributed by atoms with van der Waals surface area (Å²) in [6.07, 6.45) is 3.48. The van der Waals surface area contributed by atoms with E-state index < -0.39 is 0 Å². The number of aromatic amines is 2. The summed E-state index contributed by atoms with van der Waals surface area (Å²) in [4.78, 5) is 15.0. The van der Waals surface area contributed by atoms with Crippen LogP contribution in [0.5, 0.6) is 0 Å². The lowest BCUT2D eigenvalue weighted by Gasteiger charge is -2.11. The van der Waals surface area contributed by atoms with Crippen molar-refractivity contribution < 1.29 is 0 Å². The summed E-state index contributed by atoms with van der Waals surface area (Å²) in [5.41, 5.74) is 8.30. The summed E-state index contributed by atoms with van der Waals surface area (Å²) in [5.74, 6) is 0.618. The molecule has 21 heavy (non-hydrogen) atoms. The quantitative estimate of drug-likeness (QED) is 0.666.